The van der Waals surface area contributed by atoms with Crippen molar-refractivity contribution in [2.75, 3.05) is 26.0 Å². The molecule has 0 aliphatic carbocycles. The zero-order valence-electron chi connectivity index (χ0n) is 16.8. The van der Waals surface area contributed by atoms with E-state index in [4.69, 9.17) is 0 Å². The van der Waals surface area contributed by atoms with Crippen molar-refractivity contribution in [1.29, 1.82) is 0 Å². The summed E-state index contributed by atoms with van der Waals surface area (Å²) in [7, 11) is 3.64. The van der Waals surface area contributed by atoms with E-state index in [2.05, 4.69) is 41.5 Å². The maximum atomic E-state index is 11.9. The maximum absolute atomic E-state index is 11.9. The molecule has 10 heteroatoms. The highest BCUT2D eigenvalue weighted by atomic mass is 79.9. The number of likely N-dealkylation sites (N-methyl/N-ethyl adjacent to an activating group) is 1. The molecule has 31 heavy (non-hydrogen) atoms. The smallest absolute Gasteiger partial charge is 0.240 e. The standard InChI is InChI=1S/C21H19BrN6O2S/c1-28(2)11-18(29)26-20-23-15-8-7-12(9-16(15)24-20)10-17-19(30)27-21(31-17)25-14-6-4-3-5-13(14)22/h3-10,30H,11H2,1-2H3,(H,25,27)(H,24,26,29). The molecule has 4 rings (SSSR count). The number of aliphatic imine (C=N–C) groups is 1. The Morgan fingerprint density at radius 3 is 2.81 bits per heavy atom. The molecule has 1 aliphatic heterocycles. The monoisotopic (exact) mass is 498 g/mol. The van der Waals surface area contributed by atoms with Crippen LogP contribution in [0.4, 0.5) is 16.5 Å². The van der Waals surface area contributed by atoms with Crippen molar-refractivity contribution in [2.24, 2.45) is 9.98 Å². The second-order valence-electron chi connectivity index (χ2n) is 7.04. The molecule has 1 aliphatic rings. The van der Waals surface area contributed by atoms with Crippen LogP contribution in [0.25, 0.3) is 6.08 Å². The molecule has 1 aromatic heterocycles. The summed E-state index contributed by atoms with van der Waals surface area (Å²) in [4.78, 5) is 27.2. The van der Waals surface area contributed by atoms with Crippen molar-refractivity contribution in [3.63, 3.8) is 0 Å². The molecule has 3 aromatic rings. The highest BCUT2D eigenvalue weighted by molar-refractivity contribution is 9.10. The number of amides is 1. The molecular formula is C21H19BrN6O2S. The lowest BCUT2D eigenvalue weighted by Crippen LogP contribution is -2.36. The van der Waals surface area contributed by atoms with Crippen molar-refractivity contribution in [1.82, 2.24) is 15.2 Å². The minimum Gasteiger partial charge on any atom is -0.492 e. The number of anilines is 2. The normalized spacial score (nSPS) is 13.0. The average molecular weight is 499 g/mol. The lowest BCUT2D eigenvalue weighted by Gasteiger charge is -2.08. The number of guanidine groups is 1. The molecular weight excluding hydrogens is 480 g/mol. The number of benzene rings is 2. The predicted molar refractivity (Wildman–Crippen MR) is 126 cm³/mol. The molecule has 3 N–H and O–H groups in total. The number of nitrogens with zero attached hydrogens (tertiary/aromatic N) is 4. The summed E-state index contributed by atoms with van der Waals surface area (Å²) in [5, 5.41) is 18.3. The van der Waals surface area contributed by atoms with Gasteiger partial charge in [0.15, 0.2) is 5.13 Å². The van der Waals surface area contributed by atoms with Gasteiger partial charge < -0.3 is 15.3 Å². The minimum absolute atomic E-state index is 0.0510. The van der Waals surface area contributed by atoms with Crippen LogP contribution < -0.4 is 21.2 Å². The summed E-state index contributed by atoms with van der Waals surface area (Å²) in [5.74, 6) is 0.0520. The number of hydrogen-bond donors (Lipinski definition) is 3. The Morgan fingerprint density at radius 1 is 1.23 bits per heavy atom. The van der Waals surface area contributed by atoms with Crippen LogP contribution in [0.3, 0.4) is 0 Å². The lowest BCUT2D eigenvalue weighted by molar-refractivity contribution is -0.120. The van der Waals surface area contributed by atoms with Crippen molar-refractivity contribution in [3.8, 4) is 5.88 Å². The molecule has 0 spiro atoms. The van der Waals surface area contributed by atoms with E-state index in [1.54, 1.807) is 4.90 Å². The van der Waals surface area contributed by atoms with Crippen LogP contribution >= 0.6 is 27.3 Å². The molecule has 0 fully saturated rings. The third-order valence-corrected chi connectivity index (χ3v) is 5.81. The second kappa shape index (κ2) is 8.96. The van der Waals surface area contributed by atoms with E-state index in [-0.39, 0.29) is 24.3 Å². The molecule has 0 saturated carbocycles. The van der Waals surface area contributed by atoms with Gasteiger partial charge in [-0.1, -0.05) is 29.5 Å². The fourth-order valence-corrected chi connectivity index (χ4v) is 4.09. The highest BCUT2D eigenvalue weighted by Crippen LogP contribution is 2.32. The quantitative estimate of drug-likeness (QED) is 0.501. The van der Waals surface area contributed by atoms with Gasteiger partial charge in [-0.2, -0.15) is 4.98 Å². The van der Waals surface area contributed by atoms with Crippen LogP contribution in [0, 0.1) is 0 Å². The number of nitrogens with one attached hydrogen (secondary N) is 2. The first-order chi connectivity index (χ1) is 14.9. The number of aromatic nitrogens is 1. The number of hydrogen-bond acceptors (Lipinski definition) is 8. The van der Waals surface area contributed by atoms with Crippen molar-refractivity contribution < 1.29 is 9.90 Å². The fourth-order valence-electron chi connectivity index (χ4n) is 2.88. The first kappa shape index (κ1) is 21.2. The lowest BCUT2D eigenvalue weighted by atomic mass is 10.2. The van der Waals surface area contributed by atoms with Gasteiger partial charge in [0.2, 0.25) is 17.7 Å². The summed E-state index contributed by atoms with van der Waals surface area (Å²) in [6.07, 6.45) is 1.83. The molecule has 0 bridgehead atoms. The topological polar surface area (TPSA) is 102 Å². The van der Waals surface area contributed by atoms with Crippen LogP contribution in [-0.4, -0.2) is 47.5 Å². The average Bonchev–Trinajstić information content (AvgIpc) is 3.25. The molecule has 2 heterocycles. The number of halogens is 1. The fraction of sp³-hybridized carbons (Fsp3) is 0.143. The van der Waals surface area contributed by atoms with E-state index in [1.165, 1.54) is 11.3 Å². The van der Waals surface area contributed by atoms with E-state index in [9.17, 15) is 9.90 Å². The summed E-state index contributed by atoms with van der Waals surface area (Å²) >= 11 is 4.82. The van der Waals surface area contributed by atoms with Gasteiger partial charge in [0.05, 0.1) is 28.2 Å². The third-order valence-electron chi connectivity index (χ3n) is 4.21. The van der Waals surface area contributed by atoms with Gasteiger partial charge in [0, 0.05) is 4.47 Å². The Labute approximate surface area is 190 Å². The van der Waals surface area contributed by atoms with E-state index < -0.39 is 0 Å². The molecule has 2 aromatic carbocycles. The van der Waals surface area contributed by atoms with Crippen LogP contribution in [0.1, 0.15) is 4.88 Å². The number of para-hydroxylation sites is 1. The molecule has 0 atom stereocenters. The highest BCUT2D eigenvalue weighted by Gasteiger charge is 2.13. The van der Waals surface area contributed by atoms with E-state index in [0.717, 1.165) is 15.4 Å². The van der Waals surface area contributed by atoms with Gasteiger partial charge in [-0.15, -0.1) is 0 Å². The van der Waals surface area contributed by atoms with E-state index >= 15 is 0 Å². The summed E-state index contributed by atoms with van der Waals surface area (Å²) < 4.78 is 0.906. The first-order valence-corrected chi connectivity index (χ1v) is 10.9. The van der Waals surface area contributed by atoms with Crippen LogP contribution in [0.15, 0.2) is 56.9 Å². The SMILES string of the molecule is CN(C)CC(=O)NC1=Nc2cc(=Cc3sc(Nc4ccccc4Br)nc3O)ccc2=N1. The van der Waals surface area contributed by atoms with Gasteiger partial charge in [-0.05, 0) is 65.6 Å². The molecule has 158 valence electrons. The number of rotatable bonds is 5. The summed E-state index contributed by atoms with van der Waals surface area (Å²) in [6, 6.07) is 13.2. The van der Waals surface area contributed by atoms with Crippen LogP contribution in [0.5, 0.6) is 5.88 Å². The number of carbonyl (C=O) groups is 1. The Morgan fingerprint density at radius 2 is 2.03 bits per heavy atom. The number of thiazole rings is 1. The number of aromatic hydroxyl groups is 1. The predicted octanol–water partition coefficient (Wildman–Crippen LogP) is 2.48. The van der Waals surface area contributed by atoms with Gasteiger partial charge in [-0.3, -0.25) is 10.1 Å². The van der Waals surface area contributed by atoms with E-state index in [0.29, 0.717) is 21.1 Å². The molecule has 8 nitrogen and oxygen atoms in total. The maximum Gasteiger partial charge on any atom is 0.240 e. The van der Waals surface area contributed by atoms with Gasteiger partial charge in [-0.25, -0.2) is 9.98 Å². The molecule has 1 amide bonds. The number of carbonyl (C=O) groups excluding carboxylic acids is 1. The molecule has 0 saturated heterocycles. The van der Waals surface area contributed by atoms with Gasteiger partial charge in [0.1, 0.15) is 0 Å². The summed E-state index contributed by atoms with van der Waals surface area (Å²) in [5.41, 5.74) is 1.52. The Kier molecular flexibility index (Phi) is 6.12. The van der Waals surface area contributed by atoms with Crippen molar-refractivity contribution in [2.45, 2.75) is 0 Å². The minimum atomic E-state index is -0.174. The molecule has 0 unspecified atom stereocenters. The Bertz CT molecular complexity index is 1300. The van der Waals surface area contributed by atoms with E-state index in [1.807, 2.05) is 62.6 Å². The van der Waals surface area contributed by atoms with Gasteiger partial charge in [0.25, 0.3) is 0 Å². The second-order valence-corrected chi connectivity index (χ2v) is 8.92. The Balaban J connectivity index is 1.55. The Hall–Kier alpha value is -3.08. The number of fused-ring (bicyclic) bond motifs is 1. The van der Waals surface area contributed by atoms with Gasteiger partial charge >= 0.3 is 0 Å². The third kappa shape index (κ3) is 5.16. The van der Waals surface area contributed by atoms with Crippen molar-refractivity contribution >= 4 is 61.7 Å². The van der Waals surface area contributed by atoms with Crippen LogP contribution in [0.2, 0.25) is 0 Å². The largest absolute Gasteiger partial charge is 0.492 e. The van der Waals surface area contributed by atoms with Crippen LogP contribution in [-0.2, 0) is 4.79 Å². The zero-order valence-corrected chi connectivity index (χ0v) is 19.2. The van der Waals surface area contributed by atoms with Crippen molar-refractivity contribution in [3.05, 3.63) is 62.4 Å². The molecule has 0 radical (unpaired) electrons. The summed E-state index contributed by atoms with van der Waals surface area (Å²) in [6.45, 7) is 0.254. The zero-order chi connectivity index (χ0) is 22.0. The first-order valence-electron chi connectivity index (χ1n) is 9.32.